The Bertz CT molecular complexity index is 799. The fourth-order valence-electron chi connectivity index (χ4n) is 2.30. The highest BCUT2D eigenvalue weighted by atomic mass is 32.2. The van der Waals surface area contributed by atoms with Crippen LogP contribution < -0.4 is 10.0 Å². The summed E-state index contributed by atoms with van der Waals surface area (Å²) in [5.74, 6) is 0. The van der Waals surface area contributed by atoms with Crippen molar-refractivity contribution in [2.75, 3.05) is 11.4 Å². The Balaban J connectivity index is 2.36. The first-order valence-corrected chi connectivity index (χ1v) is 8.52. The van der Waals surface area contributed by atoms with E-state index in [2.05, 4.69) is 6.58 Å². The monoisotopic (exact) mass is 330 g/mol. The van der Waals surface area contributed by atoms with Crippen molar-refractivity contribution in [1.82, 2.24) is 0 Å². The topological polar surface area (TPSA) is 80.5 Å². The third kappa shape index (κ3) is 4.28. The third-order valence-corrected chi connectivity index (χ3v) is 4.40. The molecular weight excluding hydrogens is 312 g/mol. The molecule has 0 heterocycles. The third-order valence-electron chi connectivity index (χ3n) is 3.38. The van der Waals surface area contributed by atoms with Gasteiger partial charge in [0, 0.05) is 24.3 Å². The highest BCUT2D eigenvalue weighted by Gasteiger charge is 2.15. The number of aldehydes is 1. The molecule has 2 aromatic rings. The van der Waals surface area contributed by atoms with E-state index in [1.54, 1.807) is 36.4 Å². The number of hydrogen-bond donors (Lipinski definition) is 1. The van der Waals surface area contributed by atoms with E-state index >= 15 is 0 Å². The fourth-order valence-corrected chi connectivity index (χ4v) is 3.06. The van der Waals surface area contributed by atoms with Gasteiger partial charge in [0.1, 0.15) is 6.29 Å². The van der Waals surface area contributed by atoms with Gasteiger partial charge in [-0.05, 0) is 35.9 Å². The lowest BCUT2D eigenvalue weighted by atomic mass is 10.1. The molecule has 0 amide bonds. The number of benzene rings is 2. The van der Waals surface area contributed by atoms with Gasteiger partial charge in [0.25, 0.3) is 0 Å². The van der Waals surface area contributed by atoms with Crippen LogP contribution in [-0.4, -0.2) is 21.2 Å². The Morgan fingerprint density at radius 3 is 2.30 bits per heavy atom. The molecule has 6 heteroatoms. The van der Waals surface area contributed by atoms with Crippen molar-refractivity contribution < 1.29 is 13.2 Å². The molecule has 0 unspecified atom stereocenters. The Labute approximate surface area is 136 Å². The molecule has 0 saturated carbocycles. The minimum absolute atomic E-state index is 0.110. The maximum Gasteiger partial charge on any atom is 0.238 e. The molecule has 2 N–H and O–H groups in total. The maximum absolute atomic E-state index is 11.7. The minimum atomic E-state index is -3.79. The van der Waals surface area contributed by atoms with Gasteiger partial charge in [-0.3, -0.25) is 4.79 Å². The number of nitrogens with zero attached hydrogens (tertiary/aromatic N) is 1. The second-order valence-electron chi connectivity index (χ2n) is 5.03. The summed E-state index contributed by atoms with van der Waals surface area (Å²) in [5, 5.41) is 5.28. The van der Waals surface area contributed by atoms with Crippen LogP contribution in [0, 0.1) is 0 Å². The van der Waals surface area contributed by atoms with Crippen LogP contribution in [0.3, 0.4) is 0 Å². The van der Waals surface area contributed by atoms with Crippen LogP contribution in [0.4, 0.5) is 5.69 Å². The quantitative estimate of drug-likeness (QED) is 0.624. The summed E-state index contributed by atoms with van der Waals surface area (Å²) in [6, 6.07) is 13.7. The molecule has 0 aromatic heterocycles. The van der Waals surface area contributed by atoms with Gasteiger partial charge >= 0.3 is 0 Å². The molecule has 2 aromatic carbocycles. The number of carbonyl (C=O) groups is 1. The normalized spacial score (nSPS) is 11.0. The van der Waals surface area contributed by atoms with Crippen LogP contribution in [0.15, 0.2) is 66.1 Å². The average Bonchev–Trinajstić information content (AvgIpc) is 2.54. The molecular formula is C17H18N2O3S. The number of primary sulfonamides is 1. The molecule has 0 aliphatic rings. The van der Waals surface area contributed by atoms with Crippen LogP contribution in [0.25, 0.3) is 0 Å². The largest absolute Gasteiger partial charge is 0.363 e. The summed E-state index contributed by atoms with van der Waals surface area (Å²) in [6.07, 6.45) is 2.51. The molecule has 0 atom stereocenters. The number of sulfonamides is 1. The molecule has 2 rings (SSSR count). The lowest BCUT2D eigenvalue weighted by Crippen LogP contribution is -2.24. The Hall–Kier alpha value is -2.44. The Morgan fingerprint density at radius 1 is 1.09 bits per heavy atom. The van der Waals surface area contributed by atoms with Gasteiger partial charge in [-0.15, -0.1) is 6.58 Å². The Kier molecular flexibility index (Phi) is 5.31. The maximum atomic E-state index is 11.7. The van der Waals surface area contributed by atoms with Crippen LogP contribution >= 0.6 is 0 Å². The van der Waals surface area contributed by atoms with Gasteiger partial charge in [0.15, 0.2) is 0 Å². The highest BCUT2D eigenvalue weighted by Crippen LogP contribution is 2.21. The highest BCUT2D eigenvalue weighted by molar-refractivity contribution is 7.89. The summed E-state index contributed by atoms with van der Waals surface area (Å²) in [6.45, 7) is 4.62. The predicted molar refractivity (Wildman–Crippen MR) is 90.9 cm³/mol. The van der Waals surface area contributed by atoms with Crippen molar-refractivity contribution in [1.29, 1.82) is 0 Å². The zero-order valence-corrected chi connectivity index (χ0v) is 13.4. The molecule has 0 fully saturated rings. The minimum Gasteiger partial charge on any atom is -0.363 e. The summed E-state index contributed by atoms with van der Waals surface area (Å²) >= 11 is 0. The van der Waals surface area contributed by atoms with E-state index in [1.807, 2.05) is 17.0 Å². The molecule has 0 saturated heterocycles. The second kappa shape index (κ2) is 7.21. The molecule has 0 spiro atoms. The van der Waals surface area contributed by atoms with Crippen molar-refractivity contribution in [2.24, 2.45) is 5.14 Å². The van der Waals surface area contributed by atoms with Gasteiger partial charge in [-0.2, -0.15) is 0 Å². The van der Waals surface area contributed by atoms with Crippen LogP contribution in [0.1, 0.15) is 15.9 Å². The molecule has 5 nitrogen and oxygen atoms in total. The van der Waals surface area contributed by atoms with Gasteiger partial charge in [-0.25, -0.2) is 13.6 Å². The number of anilines is 1. The van der Waals surface area contributed by atoms with E-state index in [9.17, 15) is 13.2 Å². The van der Waals surface area contributed by atoms with Crippen molar-refractivity contribution in [3.63, 3.8) is 0 Å². The first-order valence-electron chi connectivity index (χ1n) is 6.97. The van der Waals surface area contributed by atoms with E-state index in [1.165, 1.54) is 6.07 Å². The van der Waals surface area contributed by atoms with Crippen LogP contribution in [0.2, 0.25) is 0 Å². The molecule has 0 radical (unpaired) electrons. The standard InChI is InChI=1S/C17H18N2O3S/c1-2-11-19(16-9-7-14(13-20)8-10-16)12-15-5-3-4-6-17(15)23(18,21)22/h2-10,13H,1,11-12H2,(H2,18,21,22). The van der Waals surface area contributed by atoms with E-state index in [-0.39, 0.29) is 4.90 Å². The Morgan fingerprint density at radius 2 is 1.74 bits per heavy atom. The van der Waals surface area contributed by atoms with Crippen molar-refractivity contribution in [2.45, 2.75) is 11.4 Å². The first-order chi connectivity index (χ1) is 11.0. The summed E-state index contributed by atoms with van der Waals surface area (Å²) in [5.41, 5.74) is 2.05. The predicted octanol–water partition coefficient (Wildman–Crippen LogP) is 2.34. The zero-order chi connectivity index (χ0) is 16.9. The molecule has 0 aliphatic heterocycles. The average molecular weight is 330 g/mol. The van der Waals surface area contributed by atoms with Gasteiger partial charge in [0.05, 0.1) is 4.90 Å². The molecule has 0 aliphatic carbocycles. The summed E-state index contributed by atoms with van der Waals surface area (Å²) in [7, 11) is -3.79. The molecule has 120 valence electrons. The summed E-state index contributed by atoms with van der Waals surface area (Å²) < 4.78 is 23.4. The number of carbonyl (C=O) groups excluding carboxylic acids is 1. The van der Waals surface area contributed by atoms with Gasteiger partial charge < -0.3 is 4.90 Å². The van der Waals surface area contributed by atoms with Gasteiger partial charge in [-0.1, -0.05) is 24.3 Å². The lowest BCUT2D eigenvalue weighted by Gasteiger charge is -2.24. The van der Waals surface area contributed by atoms with Crippen LogP contribution in [-0.2, 0) is 16.6 Å². The van der Waals surface area contributed by atoms with E-state index in [0.717, 1.165) is 12.0 Å². The second-order valence-corrected chi connectivity index (χ2v) is 6.56. The number of nitrogens with two attached hydrogens (primary N) is 1. The van der Waals surface area contributed by atoms with E-state index in [4.69, 9.17) is 5.14 Å². The van der Waals surface area contributed by atoms with Gasteiger partial charge in [0.2, 0.25) is 10.0 Å². The molecule has 23 heavy (non-hydrogen) atoms. The number of rotatable bonds is 7. The first kappa shape index (κ1) is 16.9. The van der Waals surface area contributed by atoms with E-state index in [0.29, 0.717) is 24.2 Å². The van der Waals surface area contributed by atoms with Crippen molar-refractivity contribution in [3.8, 4) is 0 Å². The van der Waals surface area contributed by atoms with Crippen LogP contribution in [0.5, 0.6) is 0 Å². The smallest absolute Gasteiger partial charge is 0.238 e. The lowest BCUT2D eigenvalue weighted by molar-refractivity contribution is 0.112. The zero-order valence-electron chi connectivity index (χ0n) is 12.6. The van der Waals surface area contributed by atoms with E-state index < -0.39 is 10.0 Å². The summed E-state index contributed by atoms with van der Waals surface area (Å²) in [4.78, 5) is 12.8. The SMILES string of the molecule is C=CCN(Cc1ccccc1S(N)(=O)=O)c1ccc(C=O)cc1. The number of hydrogen-bond acceptors (Lipinski definition) is 4. The van der Waals surface area contributed by atoms with Crippen molar-refractivity contribution in [3.05, 3.63) is 72.3 Å². The fraction of sp³-hybridized carbons (Fsp3) is 0.118. The molecule has 0 bridgehead atoms. The van der Waals surface area contributed by atoms with Crippen molar-refractivity contribution >= 4 is 22.0 Å².